The molecule has 2 bridgehead atoms. The molecule has 0 unspecified atom stereocenters. The third-order valence-electron chi connectivity index (χ3n) is 2.94. The molecule has 0 aliphatic carbocycles. The molecule has 80 valence electrons. The highest BCUT2D eigenvalue weighted by atomic mass is 19.4. The summed E-state index contributed by atoms with van der Waals surface area (Å²) >= 11 is 0. The van der Waals surface area contributed by atoms with Gasteiger partial charge < -0.3 is 9.84 Å². The molecule has 2 saturated heterocycles. The van der Waals surface area contributed by atoms with Gasteiger partial charge in [-0.1, -0.05) is 0 Å². The van der Waals surface area contributed by atoms with Crippen molar-refractivity contribution in [2.75, 3.05) is 0 Å². The van der Waals surface area contributed by atoms with Crippen LogP contribution in [0.5, 0.6) is 0 Å². The number of carboxylic acid groups (broad SMARTS) is 1. The van der Waals surface area contributed by atoms with Crippen molar-refractivity contribution in [1.29, 1.82) is 0 Å². The summed E-state index contributed by atoms with van der Waals surface area (Å²) in [5.41, 5.74) is 0. The fourth-order valence-corrected chi connectivity index (χ4v) is 2.41. The molecule has 4 atom stereocenters. The van der Waals surface area contributed by atoms with Crippen LogP contribution in [0.25, 0.3) is 0 Å². The molecule has 2 aliphatic rings. The molecule has 0 aromatic heterocycles. The van der Waals surface area contributed by atoms with E-state index >= 15 is 0 Å². The van der Waals surface area contributed by atoms with Gasteiger partial charge in [-0.15, -0.1) is 0 Å². The number of rotatable bonds is 1. The Bertz CT molecular complexity index is 263. The van der Waals surface area contributed by atoms with Crippen LogP contribution in [0.1, 0.15) is 12.8 Å². The van der Waals surface area contributed by atoms with Crippen molar-refractivity contribution >= 4 is 5.97 Å². The van der Waals surface area contributed by atoms with Crippen LogP contribution in [0.2, 0.25) is 0 Å². The molecule has 2 fully saturated rings. The number of fused-ring (bicyclic) bond motifs is 2. The lowest BCUT2D eigenvalue weighted by atomic mass is 9.79. The first kappa shape index (κ1) is 9.76. The highest BCUT2D eigenvalue weighted by Crippen LogP contribution is 2.50. The fourth-order valence-electron chi connectivity index (χ4n) is 2.41. The molecule has 2 heterocycles. The molecular weight excluding hydrogens is 201 g/mol. The second-order valence-corrected chi connectivity index (χ2v) is 3.72. The van der Waals surface area contributed by atoms with Gasteiger partial charge in [-0.25, -0.2) is 0 Å². The van der Waals surface area contributed by atoms with Crippen LogP contribution in [0.3, 0.4) is 0 Å². The van der Waals surface area contributed by atoms with Gasteiger partial charge in [0.2, 0.25) is 0 Å². The Morgan fingerprint density at radius 3 is 2.29 bits per heavy atom. The number of hydrogen-bond acceptors (Lipinski definition) is 2. The summed E-state index contributed by atoms with van der Waals surface area (Å²) in [4.78, 5) is 10.7. The number of carboxylic acids is 1. The highest BCUT2D eigenvalue weighted by molar-refractivity contribution is 5.72. The molecule has 2 rings (SSSR count). The minimum atomic E-state index is -4.47. The van der Waals surface area contributed by atoms with Gasteiger partial charge in [-0.05, 0) is 12.8 Å². The molecule has 14 heavy (non-hydrogen) atoms. The Balaban J connectivity index is 2.26. The summed E-state index contributed by atoms with van der Waals surface area (Å²) in [6.07, 6.45) is -5.42. The van der Waals surface area contributed by atoms with Crippen LogP contribution in [0, 0.1) is 11.8 Å². The number of alkyl halides is 3. The molecule has 0 aromatic carbocycles. The van der Waals surface area contributed by atoms with Crippen LogP contribution >= 0.6 is 0 Å². The molecule has 0 amide bonds. The first-order valence-corrected chi connectivity index (χ1v) is 4.36. The second kappa shape index (κ2) is 2.85. The van der Waals surface area contributed by atoms with Gasteiger partial charge in [-0.2, -0.15) is 13.2 Å². The average Bonchev–Trinajstić information content (AvgIpc) is 2.58. The Hall–Kier alpha value is -0.780. The van der Waals surface area contributed by atoms with Crippen molar-refractivity contribution in [3.8, 4) is 0 Å². The van der Waals surface area contributed by atoms with Gasteiger partial charge in [0.05, 0.1) is 24.0 Å². The van der Waals surface area contributed by atoms with E-state index in [4.69, 9.17) is 9.84 Å². The monoisotopic (exact) mass is 210 g/mol. The standard InChI is InChI=1S/C8H9F3O3/c9-8(10,11)6-4-2-1-3(14-4)5(6)7(12)13/h3-6H,1-2H2,(H,12,13)/t3-,4-,5-,6-/m1/s1. The third kappa shape index (κ3) is 1.28. The Kier molecular flexibility index (Phi) is 1.99. The first-order chi connectivity index (χ1) is 6.41. The van der Waals surface area contributed by atoms with E-state index in [0.29, 0.717) is 12.8 Å². The molecule has 1 N–H and O–H groups in total. The normalized spacial score (nSPS) is 41.6. The van der Waals surface area contributed by atoms with Crippen molar-refractivity contribution in [2.45, 2.75) is 31.2 Å². The zero-order valence-corrected chi connectivity index (χ0v) is 7.12. The van der Waals surface area contributed by atoms with E-state index in [0.717, 1.165) is 0 Å². The molecule has 6 heteroatoms. The summed E-state index contributed by atoms with van der Waals surface area (Å²) in [5.74, 6) is -4.63. The predicted octanol–water partition coefficient (Wildman–Crippen LogP) is 1.43. The van der Waals surface area contributed by atoms with Crippen molar-refractivity contribution in [3.63, 3.8) is 0 Å². The van der Waals surface area contributed by atoms with Gasteiger partial charge in [0.1, 0.15) is 0 Å². The van der Waals surface area contributed by atoms with Gasteiger partial charge >= 0.3 is 12.1 Å². The van der Waals surface area contributed by atoms with Crippen LogP contribution in [0.4, 0.5) is 13.2 Å². The van der Waals surface area contributed by atoms with Gasteiger partial charge in [-0.3, -0.25) is 4.79 Å². The van der Waals surface area contributed by atoms with E-state index in [1.807, 2.05) is 0 Å². The largest absolute Gasteiger partial charge is 0.481 e. The predicted molar refractivity (Wildman–Crippen MR) is 38.6 cm³/mol. The molecule has 2 aliphatic heterocycles. The molecule has 0 radical (unpaired) electrons. The van der Waals surface area contributed by atoms with Crippen LogP contribution in [-0.4, -0.2) is 29.5 Å². The van der Waals surface area contributed by atoms with Crippen LogP contribution in [0.15, 0.2) is 0 Å². The Labute approximate surface area is 77.8 Å². The van der Waals surface area contributed by atoms with E-state index in [2.05, 4.69) is 0 Å². The van der Waals surface area contributed by atoms with E-state index in [9.17, 15) is 18.0 Å². The van der Waals surface area contributed by atoms with Gasteiger partial charge in [0, 0.05) is 0 Å². The minimum Gasteiger partial charge on any atom is -0.481 e. The molecule has 0 aromatic rings. The maximum absolute atomic E-state index is 12.5. The summed E-state index contributed by atoms with van der Waals surface area (Å²) in [7, 11) is 0. The first-order valence-electron chi connectivity index (χ1n) is 4.36. The summed E-state index contributed by atoms with van der Waals surface area (Å²) in [5, 5.41) is 8.69. The fraction of sp³-hybridized carbons (Fsp3) is 0.875. The Morgan fingerprint density at radius 1 is 1.29 bits per heavy atom. The summed E-state index contributed by atoms with van der Waals surface area (Å²) < 4.78 is 42.4. The number of hydrogen-bond donors (Lipinski definition) is 1. The van der Waals surface area contributed by atoms with Crippen molar-refractivity contribution in [1.82, 2.24) is 0 Å². The van der Waals surface area contributed by atoms with Gasteiger partial charge in [0.25, 0.3) is 0 Å². The number of ether oxygens (including phenoxy) is 1. The summed E-state index contributed by atoms with van der Waals surface area (Å²) in [6, 6.07) is 0. The van der Waals surface area contributed by atoms with Crippen molar-refractivity contribution < 1.29 is 27.8 Å². The lowest BCUT2D eigenvalue weighted by Gasteiger charge is -2.26. The van der Waals surface area contributed by atoms with E-state index < -0.39 is 36.2 Å². The Morgan fingerprint density at radius 2 is 1.86 bits per heavy atom. The van der Waals surface area contributed by atoms with Crippen LogP contribution in [-0.2, 0) is 9.53 Å². The lowest BCUT2D eigenvalue weighted by Crippen LogP contribution is -2.42. The molecule has 0 saturated carbocycles. The smallest absolute Gasteiger partial charge is 0.395 e. The maximum Gasteiger partial charge on any atom is 0.395 e. The number of carbonyl (C=O) groups is 1. The molecular formula is C8H9F3O3. The average molecular weight is 210 g/mol. The number of halogens is 3. The molecule has 0 spiro atoms. The van der Waals surface area contributed by atoms with E-state index in [1.54, 1.807) is 0 Å². The summed E-state index contributed by atoms with van der Waals surface area (Å²) in [6.45, 7) is 0. The zero-order valence-electron chi connectivity index (χ0n) is 7.12. The second-order valence-electron chi connectivity index (χ2n) is 3.72. The van der Waals surface area contributed by atoms with Gasteiger partial charge in [0.15, 0.2) is 0 Å². The van der Waals surface area contributed by atoms with Crippen molar-refractivity contribution in [2.24, 2.45) is 11.8 Å². The quantitative estimate of drug-likeness (QED) is 0.712. The van der Waals surface area contributed by atoms with Crippen LogP contribution < -0.4 is 0 Å². The van der Waals surface area contributed by atoms with Crippen molar-refractivity contribution in [3.05, 3.63) is 0 Å². The van der Waals surface area contributed by atoms with E-state index in [1.165, 1.54) is 0 Å². The highest BCUT2D eigenvalue weighted by Gasteiger charge is 2.62. The van der Waals surface area contributed by atoms with E-state index in [-0.39, 0.29) is 0 Å². The minimum absolute atomic E-state index is 0.318. The topological polar surface area (TPSA) is 46.5 Å². The third-order valence-corrected chi connectivity index (χ3v) is 2.94. The zero-order chi connectivity index (χ0) is 10.5. The lowest BCUT2D eigenvalue weighted by molar-refractivity contribution is -0.201. The maximum atomic E-state index is 12.5. The SMILES string of the molecule is O=C(O)[C@H]1[C@H](C(F)(F)F)[C@H]2CC[C@H]1O2. The number of aliphatic carboxylic acids is 1. The molecule has 3 nitrogen and oxygen atoms in total.